The molecule has 0 bridgehead atoms. The Labute approximate surface area is 200 Å². The number of nitrogens with one attached hydrogen (secondary N) is 2. The zero-order valence-electron chi connectivity index (χ0n) is 17.7. The second-order valence-corrected chi connectivity index (χ2v) is 9.69. The predicted molar refractivity (Wildman–Crippen MR) is 137 cm³/mol. The van der Waals surface area contributed by atoms with Crippen LogP contribution in [0.3, 0.4) is 0 Å². The fraction of sp³-hybridized carbons (Fsp3) is 0.619. The highest BCUT2D eigenvalue weighted by Gasteiger charge is 2.20. The Balaban J connectivity index is 0.00000300. The molecule has 0 spiro atoms. The molecule has 8 heteroatoms. The summed E-state index contributed by atoms with van der Waals surface area (Å²) in [6.45, 7) is 12.4. The summed E-state index contributed by atoms with van der Waals surface area (Å²) >= 11 is 3.62. The zero-order valence-corrected chi connectivity index (χ0v) is 21.7. The van der Waals surface area contributed by atoms with Gasteiger partial charge in [0, 0.05) is 34.8 Å². The van der Waals surface area contributed by atoms with Crippen molar-refractivity contribution in [2.45, 2.75) is 53.1 Å². The molecule has 2 aromatic rings. The monoisotopic (exact) mass is 547 g/mol. The van der Waals surface area contributed by atoms with Crippen molar-refractivity contribution in [1.82, 2.24) is 20.5 Å². The number of hydrogen-bond acceptors (Lipinski definition) is 5. The molecule has 162 valence electrons. The molecule has 1 saturated heterocycles. The molecule has 1 fully saturated rings. The van der Waals surface area contributed by atoms with Gasteiger partial charge in [-0.05, 0) is 64.3 Å². The Kier molecular flexibility index (Phi) is 10.9. The largest absolute Gasteiger partial charge is 0.357 e. The Hall–Kier alpha value is -0.710. The Bertz CT molecular complexity index is 750. The molecule has 0 aliphatic carbocycles. The molecule has 5 nitrogen and oxygen atoms in total. The van der Waals surface area contributed by atoms with Gasteiger partial charge in [0.05, 0.1) is 17.2 Å². The lowest BCUT2D eigenvalue weighted by molar-refractivity contribution is 0.176. The smallest absolute Gasteiger partial charge is 0.191 e. The van der Waals surface area contributed by atoms with Gasteiger partial charge in [0.2, 0.25) is 0 Å². The minimum absolute atomic E-state index is 0. The average molecular weight is 548 g/mol. The number of rotatable bonds is 8. The number of thiazole rings is 1. The van der Waals surface area contributed by atoms with E-state index in [-0.39, 0.29) is 24.0 Å². The maximum atomic E-state index is 4.78. The van der Waals surface area contributed by atoms with Crippen LogP contribution in [0.1, 0.15) is 47.1 Å². The van der Waals surface area contributed by atoms with Crippen LogP contribution in [-0.2, 0) is 19.5 Å². The maximum Gasteiger partial charge on any atom is 0.191 e. The standard InChI is InChI=1S/C21H33N5S2.HI/c1-4-19-6-7-20(28-19)13-24-21(22-5-2)23-12-17-8-10-26(11-9-17)14-18-15-27-16(3)25-18;/h6-7,15,17H,4-5,8-14H2,1-3H3,(H2,22,23,24);1H. The van der Waals surface area contributed by atoms with Gasteiger partial charge in [-0.3, -0.25) is 4.90 Å². The highest BCUT2D eigenvalue weighted by Crippen LogP contribution is 2.20. The lowest BCUT2D eigenvalue weighted by Gasteiger charge is -2.31. The van der Waals surface area contributed by atoms with Gasteiger partial charge in [0.15, 0.2) is 5.96 Å². The van der Waals surface area contributed by atoms with Gasteiger partial charge in [-0.15, -0.1) is 46.7 Å². The molecular weight excluding hydrogens is 513 g/mol. The van der Waals surface area contributed by atoms with Crippen LogP contribution in [0, 0.1) is 12.8 Å². The van der Waals surface area contributed by atoms with Crippen molar-refractivity contribution < 1.29 is 0 Å². The van der Waals surface area contributed by atoms with Crippen LogP contribution < -0.4 is 10.6 Å². The third-order valence-electron chi connectivity index (χ3n) is 5.12. The number of aliphatic imine (C=N–C) groups is 1. The maximum absolute atomic E-state index is 4.78. The summed E-state index contributed by atoms with van der Waals surface area (Å²) in [7, 11) is 0. The molecule has 0 unspecified atom stereocenters. The minimum atomic E-state index is 0. The Morgan fingerprint density at radius 3 is 2.59 bits per heavy atom. The Morgan fingerprint density at radius 2 is 1.97 bits per heavy atom. The first-order valence-electron chi connectivity index (χ1n) is 10.4. The van der Waals surface area contributed by atoms with Crippen LogP contribution in [-0.4, -0.2) is 42.0 Å². The lowest BCUT2D eigenvalue weighted by Crippen LogP contribution is -2.42. The lowest BCUT2D eigenvalue weighted by atomic mass is 9.97. The molecule has 1 aliphatic heterocycles. The number of likely N-dealkylation sites (tertiary alicyclic amines) is 1. The van der Waals surface area contributed by atoms with Gasteiger partial charge in [-0.2, -0.15) is 0 Å². The van der Waals surface area contributed by atoms with Crippen molar-refractivity contribution in [3.8, 4) is 0 Å². The molecule has 0 radical (unpaired) electrons. The number of aryl methyl sites for hydroxylation is 2. The SMILES string of the molecule is CCNC(=NCc1ccc(CC)s1)NCC1CCN(Cc2csc(C)n2)CC1.I. The molecule has 0 amide bonds. The number of thiophene rings is 1. The van der Waals surface area contributed by atoms with Crippen molar-refractivity contribution in [3.05, 3.63) is 38.0 Å². The van der Waals surface area contributed by atoms with Crippen LogP contribution in [0.15, 0.2) is 22.5 Å². The molecule has 0 saturated carbocycles. The molecule has 29 heavy (non-hydrogen) atoms. The molecular formula is C21H34IN5S2. The van der Waals surface area contributed by atoms with Crippen LogP contribution in [0.25, 0.3) is 0 Å². The minimum Gasteiger partial charge on any atom is -0.357 e. The number of guanidine groups is 1. The van der Waals surface area contributed by atoms with E-state index in [4.69, 9.17) is 4.99 Å². The molecule has 0 atom stereocenters. The zero-order chi connectivity index (χ0) is 19.8. The average Bonchev–Trinajstić information content (AvgIpc) is 3.34. The number of aromatic nitrogens is 1. The van der Waals surface area contributed by atoms with E-state index in [1.165, 1.54) is 28.3 Å². The summed E-state index contributed by atoms with van der Waals surface area (Å²) in [5.41, 5.74) is 1.22. The predicted octanol–water partition coefficient (Wildman–Crippen LogP) is 4.66. The normalized spacial score (nSPS) is 15.9. The topological polar surface area (TPSA) is 52.6 Å². The third-order valence-corrected chi connectivity index (χ3v) is 7.16. The molecule has 2 N–H and O–H groups in total. The van der Waals surface area contributed by atoms with Gasteiger partial charge >= 0.3 is 0 Å². The van der Waals surface area contributed by atoms with E-state index < -0.39 is 0 Å². The van der Waals surface area contributed by atoms with Crippen LogP contribution >= 0.6 is 46.7 Å². The van der Waals surface area contributed by atoms with E-state index in [2.05, 4.69) is 58.8 Å². The highest BCUT2D eigenvalue weighted by atomic mass is 127. The summed E-state index contributed by atoms with van der Waals surface area (Å²) in [5, 5.41) is 10.3. The fourth-order valence-electron chi connectivity index (χ4n) is 3.50. The summed E-state index contributed by atoms with van der Waals surface area (Å²) in [6, 6.07) is 4.42. The number of halogens is 1. The molecule has 0 aromatic carbocycles. The van der Waals surface area contributed by atoms with Crippen molar-refractivity contribution in [2.75, 3.05) is 26.2 Å². The van der Waals surface area contributed by atoms with Crippen LogP contribution in [0.4, 0.5) is 0 Å². The second-order valence-electron chi connectivity index (χ2n) is 7.38. The Morgan fingerprint density at radius 1 is 1.21 bits per heavy atom. The van der Waals surface area contributed by atoms with E-state index in [0.29, 0.717) is 5.92 Å². The van der Waals surface area contributed by atoms with E-state index in [9.17, 15) is 0 Å². The van der Waals surface area contributed by atoms with Gasteiger partial charge in [-0.25, -0.2) is 9.98 Å². The van der Waals surface area contributed by atoms with Crippen molar-refractivity contribution in [1.29, 1.82) is 0 Å². The fourth-order valence-corrected chi connectivity index (χ4v) is 4.98. The summed E-state index contributed by atoms with van der Waals surface area (Å²) in [4.78, 5) is 14.7. The van der Waals surface area contributed by atoms with Gasteiger partial charge < -0.3 is 10.6 Å². The van der Waals surface area contributed by atoms with E-state index in [0.717, 1.165) is 56.7 Å². The summed E-state index contributed by atoms with van der Waals surface area (Å²) < 4.78 is 0. The molecule has 3 rings (SSSR count). The first kappa shape index (κ1) is 24.6. The van der Waals surface area contributed by atoms with Gasteiger partial charge in [0.1, 0.15) is 0 Å². The quantitative estimate of drug-likeness (QED) is 0.287. The third kappa shape index (κ3) is 8.15. The van der Waals surface area contributed by atoms with Crippen molar-refractivity contribution >= 4 is 52.6 Å². The number of piperidine rings is 1. The van der Waals surface area contributed by atoms with Crippen LogP contribution in [0.2, 0.25) is 0 Å². The number of hydrogen-bond donors (Lipinski definition) is 2. The van der Waals surface area contributed by atoms with Crippen molar-refractivity contribution in [2.24, 2.45) is 10.9 Å². The van der Waals surface area contributed by atoms with E-state index >= 15 is 0 Å². The number of nitrogens with zero attached hydrogens (tertiary/aromatic N) is 3. The van der Waals surface area contributed by atoms with Crippen molar-refractivity contribution in [3.63, 3.8) is 0 Å². The second kappa shape index (κ2) is 12.9. The van der Waals surface area contributed by atoms with Gasteiger partial charge in [-0.1, -0.05) is 6.92 Å². The summed E-state index contributed by atoms with van der Waals surface area (Å²) in [6.07, 6.45) is 3.58. The van der Waals surface area contributed by atoms with Crippen LogP contribution in [0.5, 0.6) is 0 Å². The first-order valence-corrected chi connectivity index (χ1v) is 12.1. The summed E-state index contributed by atoms with van der Waals surface area (Å²) in [5.74, 6) is 1.65. The molecule has 2 aromatic heterocycles. The highest BCUT2D eigenvalue weighted by molar-refractivity contribution is 14.0. The first-order chi connectivity index (χ1) is 13.7. The molecule has 1 aliphatic rings. The van der Waals surface area contributed by atoms with E-state index in [1.807, 2.05) is 11.3 Å². The van der Waals surface area contributed by atoms with Gasteiger partial charge in [0.25, 0.3) is 0 Å². The molecule has 3 heterocycles. The van der Waals surface area contributed by atoms with E-state index in [1.54, 1.807) is 11.3 Å².